The van der Waals surface area contributed by atoms with E-state index in [1.54, 1.807) is 32.5 Å². The number of carbonyl (C=O) groups is 2. The summed E-state index contributed by atoms with van der Waals surface area (Å²) in [6.07, 6.45) is 0.352. The van der Waals surface area contributed by atoms with E-state index in [4.69, 9.17) is 4.74 Å². The monoisotopic (exact) mass is 346 g/mol. The molecule has 9 heteroatoms. The Kier molecular flexibility index (Phi) is 7.60. The molecule has 0 bridgehead atoms. The molecule has 0 radical (unpaired) electrons. The average molecular weight is 346 g/mol. The topological polar surface area (TPSA) is 93.2 Å². The Labute approximate surface area is 138 Å². The fourth-order valence-electron chi connectivity index (χ4n) is 1.38. The quantitative estimate of drug-likeness (QED) is 0.448. The van der Waals surface area contributed by atoms with Gasteiger partial charge >= 0.3 is 6.09 Å². The fourth-order valence-corrected chi connectivity index (χ4v) is 3.04. The summed E-state index contributed by atoms with van der Waals surface area (Å²) >= 11 is 2.94. The lowest BCUT2D eigenvalue weighted by Gasteiger charge is -2.19. The number of nitrogens with zero attached hydrogens (tertiary/aromatic N) is 2. The highest BCUT2D eigenvalue weighted by atomic mass is 32.2. The van der Waals surface area contributed by atoms with Gasteiger partial charge in [0.15, 0.2) is 4.34 Å². The van der Waals surface area contributed by atoms with E-state index in [-0.39, 0.29) is 5.91 Å². The first kappa shape index (κ1) is 18.7. The third kappa shape index (κ3) is 8.18. The van der Waals surface area contributed by atoms with Crippen LogP contribution in [0.2, 0.25) is 0 Å². The van der Waals surface area contributed by atoms with Crippen LogP contribution in [0.3, 0.4) is 0 Å². The van der Waals surface area contributed by atoms with Crippen molar-refractivity contribution in [1.29, 1.82) is 0 Å². The van der Waals surface area contributed by atoms with Gasteiger partial charge in [-0.2, -0.15) is 0 Å². The van der Waals surface area contributed by atoms with Crippen LogP contribution < -0.4 is 10.6 Å². The number of nitrogens with one attached hydrogen (secondary N) is 2. The van der Waals surface area contributed by atoms with Crippen molar-refractivity contribution >= 4 is 40.2 Å². The van der Waals surface area contributed by atoms with Crippen molar-refractivity contribution in [3.05, 3.63) is 0 Å². The van der Waals surface area contributed by atoms with Crippen molar-refractivity contribution in [3.63, 3.8) is 0 Å². The van der Waals surface area contributed by atoms with Crippen molar-refractivity contribution in [2.75, 3.05) is 17.6 Å². The van der Waals surface area contributed by atoms with Gasteiger partial charge in [0.25, 0.3) is 0 Å². The molecule has 0 saturated carbocycles. The van der Waals surface area contributed by atoms with Crippen LogP contribution in [0.15, 0.2) is 4.34 Å². The lowest BCUT2D eigenvalue weighted by atomic mass is 10.2. The predicted molar refractivity (Wildman–Crippen MR) is 88.4 cm³/mol. The molecule has 0 unspecified atom stereocenters. The molecule has 124 valence electrons. The van der Waals surface area contributed by atoms with Gasteiger partial charge < -0.3 is 15.4 Å². The Bertz CT molecular complexity index is 500. The van der Waals surface area contributed by atoms with Crippen LogP contribution in [0, 0.1) is 0 Å². The van der Waals surface area contributed by atoms with E-state index >= 15 is 0 Å². The van der Waals surface area contributed by atoms with Gasteiger partial charge in [-0.05, 0) is 32.9 Å². The molecule has 0 fully saturated rings. The third-order valence-corrected chi connectivity index (χ3v) is 4.02. The average Bonchev–Trinajstić information content (AvgIpc) is 2.80. The van der Waals surface area contributed by atoms with E-state index in [0.717, 1.165) is 10.1 Å². The number of carbonyl (C=O) groups excluding carboxylic acids is 2. The number of ether oxygens (including phenoxy) is 1. The first-order chi connectivity index (χ1) is 10.3. The van der Waals surface area contributed by atoms with E-state index in [1.165, 1.54) is 11.3 Å². The van der Waals surface area contributed by atoms with Crippen LogP contribution in [-0.2, 0) is 9.53 Å². The summed E-state index contributed by atoms with van der Waals surface area (Å²) in [7, 11) is 0. The fraction of sp³-hybridized carbons (Fsp3) is 0.692. The zero-order valence-electron chi connectivity index (χ0n) is 13.3. The second-order valence-corrected chi connectivity index (χ2v) is 7.88. The number of anilines is 1. The molecule has 0 aromatic carbocycles. The number of aromatic nitrogens is 2. The molecule has 0 atom stereocenters. The summed E-state index contributed by atoms with van der Waals surface area (Å²) in [4.78, 5) is 23.1. The van der Waals surface area contributed by atoms with Crippen LogP contribution in [0.4, 0.5) is 9.93 Å². The lowest BCUT2D eigenvalue weighted by Crippen LogP contribution is -2.33. The minimum absolute atomic E-state index is 0.143. The Hall–Kier alpha value is -1.35. The molecule has 0 aliphatic carbocycles. The number of amides is 2. The van der Waals surface area contributed by atoms with Gasteiger partial charge in [-0.25, -0.2) is 4.79 Å². The number of rotatable bonds is 7. The van der Waals surface area contributed by atoms with Crippen molar-refractivity contribution in [3.8, 4) is 0 Å². The smallest absolute Gasteiger partial charge is 0.407 e. The summed E-state index contributed by atoms with van der Waals surface area (Å²) in [5, 5.41) is 13.7. The van der Waals surface area contributed by atoms with Crippen LogP contribution in [0.25, 0.3) is 0 Å². The van der Waals surface area contributed by atoms with Crippen molar-refractivity contribution < 1.29 is 14.3 Å². The Morgan fingerprint density at radius 1 is 1.32 bits per heavy atom. The maximum atomic E-state index is 11.7. The number of hydrogen-bond acceptors (Lipinski definition) is 7. The highest BCUT2D eigenvalue weighted by Crippen LogP contribution is 2.24. The largest absolute Gasteiger partial charge is 0.444 e. The molecule has 2 N–H and O–H groups in total. The first-order valence-corrected chi connectivity index (χ1v) is 8.83. The zero-order valence-corrected chi connectivity index (χ0v) is 14.9. The molecule has 0 saturated heterocycles. The van der Waals surface area contributed by atoms with E-state index in [2.05, 4.69) is 20.8 Å². The maximum absolute atomic E-state index is 11.7. The van der Waals surface area contributed by atoms with Gasteiger partial charge in [0.2, 0.25) is 11.0 Å². The first-order valence-electron chi connectivity index (χ1n) is 7.03. The van der Waals surface area contributed by atoms with Crippen LogP contribution >= 0.6 is 23.1 Å². The molecule has 1 heterocycles. The van der Waals surface area contributed by atoms with Gasteiger partial charge in [0.1, 0.15) is 5.60 Å². The molecule has 2 amide bonds. The van der Waals surface area contributed by atoms with Gasteiger partial charge in [-0.15, -0.1) is 10.2 Å². The second kappa shape index (κ2) is 8.94. The summed E-state index contributed by atoms with van der Waals surface area (Å²) < 4.78 is 5.93. The van der Waals surface area contributed by atoms with Crippen molar-refractivity contribution in [1.82, 2.24) is 15.5 Å². The standard InChI is InChI=1S/C13H22N4O3S2/c1-5-21-12-17-16-10(22-12)15-9(18)7-6-8-14-11(19)20-13(2,3)4/h5-8H2,1-4H3,(H,14,19)(H,15,16,18). The molecule has 22 heavy (non-hydrogen) atoms. The zero-order chi connectivity index (χ0) is 16.6. The molecule has 0 spiro atoms. The molecule has 1 aromatic heterocycles. The minimum atomic E-state index is -0.520. The summed E-state index contributed by atoms with van der Waals surface area (Å²) in [5.41, 5.74) is -0.520. The third-order valence-electron chi connectivity index (χ3n) is 2.17. The molecule has 0 aliphatic rings. The van der Waals surface area contributed by atoms with Gasteiger partial charge in [0.05, 0.1) is 0 Å². The van der Waals surface area contributed by atoms with E-state index < -0.39 is 11.7 Å². The molecule has 7 nitrogen and oxygen atoms in total. The minimum Gasteiger partial charge on any atom is -0.444 e. The maximum Gasteiger partial charge on any atom is 0.407 e. The molecular weight excluding hydrogens is 324 g/mol. The van der Waals surface area contributed by atoms with E-state index in [0.29, 0.717) is 24.5 Å². The van der Waals surface area contributed by atoms with Crippen LogP contribution in [0.1, 0.15) is 40.5 Å². The van der Waals surface area contributed by atoms with Crippen LogP contribution in [0.5, 0.6) is 0 Å². The molecule has 1 rings (SSSR count). The number of hydrogen-bond donors (Lipinski definition) is 2. The summed E-state index contributed by atoms with van der Waals surface area (Å²) in [6.45, 7) is 7.81. The predicted octanol–water partition coefficient (Wildman–Crippen LogP) is 2.89. The Morgan fingerprint density at radius 3 is 2.68 bits per heavy atom. The lowest BCUT2D eigenvalue weighted by molar-refractivity contribution is -0.116. The van der Waals surface area contributed by atoms with Crippen LogP contribution in [-0.4, -0.2) is 40.1 Å². The highest BCUT2D eigenvalue weighted by Gasteiger charge is 2.15. The number of thioether (sulfide) groups is 1. The normalized spacial score (nSPS) is 11.1. The summed E-state index contributed by atoms with van der Waals surface area (Å²) in [5.74, 6) is 0.772. The van der Waals surface area contributed by atoms with E-state index in [9.17, 15) is 9.59 Å². The number of alkyl carbamates (subject to hydrolysis) is 1. The molecular formula is C13H22N4O3S2. The van der Waals surface area contributed by atoms with Gasteiger partial charge in [-0.1, -0.05) is 30.0 Å². The SMILES string of the molecule is CCSc1nnc(NC(=O)CCCNC(=O)OC(C)(C)C)s1. The second-order valence-electron chi connectivity index (χ2n) is 5.39. The highest BCUT2D eigenvalue weighted by molar-refractivity contribution is 8.01. The van der Waals surface area contributed by atoms with Gasteiger partial charge in [-0.3, -0.25) is 4.79 Å². The molecule has 1 aromatic rings. The van der Waals surface area contributed by atoms with Crippen molar-refractivity contribution in [2.45, 2.75) is 50.5 Å². The van der Waals surface area contributed by atoms with Crippen molar-refractivity contribution in [2.24, 2.45) is 0 Å². The summed E-state index contributed by atoms with van der Waals surface area (Å²) in [6, 6.07) is 0. The Balaban J connectivity index is 2.19. The molecule has 0 aliphatic heterocycles. The van der Waals surface area contributed by atoms with E-state index in [1.807, 2.05) is 6.92 Å². The van der Waals surface area contributed by atoms with Gasteiger partial charge in [0, 0.05) is 13.0 Å². The Morgan fingerprint density at radius 2 is 2.05 bits per heavy atom.